The molecule has 158 valence electrons. The van der Waals surface area contributed by atoms with Gasteiger partial charge in [-0.15, -0.1) is 17.9 Å². The number of rotatable bonds is 9. The number of thiazole rings is 1. The molecule has 2 aromatic rings. The number of nitrogens with zero attached hydrogens (tertiary/aromatic N) is 1. The quantitative estimate of drug-likeness (QED) is 0.346. The van der Waals surface area contributed by atoms with Gasteiger partial charge in [0, 0.05) is 17.6 Å². The second-order valence-corrected chi connectivity index (χ2v) is 6.47. The van der Waals surface area contributed by atoms with Gasteiger partial charge in [0.15, 0.2) is 17.4 Å². The number of amides is 1. The number of aromatic nitrogens is 1. The molecule has 1 heterocycles. The summed E-state index contributed by atoms with van der Waals surface area (Å²) in [5.74, 6) is -2.85. The fraction of sp³-hybridized carbons (Fsp3) is 0.211. The second-order valence-electron chi connectivity index (χ2n) is 5.61. The van der Waals surface area contributed by atoms with Crippen molar-refractivity contribution in [2.45, 2.75) is 0 Å². The van der Waals surface area contributed by atoms with Crippen LogP contribution in [0.25, 0.3) is 0 Å². The number of carbonyl (C=O) groups excluding carboxylic acids is 4. The van der Waals surface area contributed by atoms with Crippen LogP contribution in [0.1, 0.15) is 31.2 Å². The predicted molar refractivity (Wildman–Crippen MR) is 109 cm³/mol. The van der Waals surface area contributed by atoms with Crippen molar-refractivity contribution in [2.75, 3.05) is 38.0 Å². The molecule has 0 saturated carbocycles. The highest BCUT2D eigenvalue weighted by Gasteiger charge is 2.17. The van der Waals surface area contributed by atoms with Crippen LogP contribution < -0.4 is 10.6 Å². The van der Waals surface area contributed by atoms with Crippen molar-refractivity contribution >= 4 is 46.0 Å². The Morgan fingerprint density at radius 3 is 2.27 bits per heavy atom. The Morgan fingerprint density at radius 1 is 1.07 bits per heavy atom. The summed E-state index contributed by atoms with van der Waals surface area (Å²) in [5.41, 5.74) is 0.258. The van der Waals surface area contributed by atoms with E-state index in [4.69, 9.17) is 4.74 Å². The standard InChI is InChI=1S/C19H19N3O7S/c1-4-5-20-19-22-14(10-30-19)18(26)29-9-15(23)21-13-7-11(16(24)27-2)6-12(8-13)17(25)28-3/h4,6-8,10H,1,5,9H2,2-3H3,(H,20,22)(H,21,23). The molecule has 0 aliphatic rings. The van der Waals surface area contributed by atoms with E-state index in [1.807, 2.05) is 0 Å². The molecule has 11 heteroatoms. The average molecular weight is 433 g/mol. The molecule has 0 unspecified atom stereocenters. The molecule has 1 aromatic carbocycles. The van der Waals surface area contributed by atoms with E-state index in [1.165, 1.54) is 49.1 Å². The number of methoxy groups -OCH3 is 2. The molecule has 0 radical (unpaired) electrons. The molecule has 0 fully saturated rings. The Bertz CT molecular complexity index is 937. The van der Waals surface area contributed by atoms with Gasteiger partial charge in [-0.1, -0.05) is 6.08 Å². The van der Waals surface area contributed by atoms with E-state index in [-0.39, 0.29) is 22.5 Å². The first-order valence-electron chi connectivity index (χ1n) is 8.47. The molecule has 10 nitrogen and oxygen atoms in total. The van der Waals surface area contributed by atoms with E-state index in [0.717, 1.165) is 0 Å². The van der Waals surface area contributed by atoms with E-state index in [9.17, 15) is 19.2 Å². The average Bonchev–Trinajstić information content (AvgIpc) is 3.23. The van der Waals surface area contributed by atoms with Gasteiger partial charge in [0.05, 0.1) is 25.3 Å². The van der Waals surface area contributed by atoms with Crippen molar-refractivity contribution < 1.29 is 33.4 Å². The Labute approximate surface area is 175 Å². The zero-order valence-electron chi connectivity index (χ0n) is 16.2. The minimum atomic E-state index is -0.772. The van der Waals surface area contributed by atoms with E-state index in [0.29, 0.717) is 11.7 Å². The van der Waals surface area contributed by atoms with Crippen LogP contribution in [-0.2, 0) is 19.0 Å². The van der Waals surface area contributed by atoms with Crippen molar-refractivity contribution in [1.82, 2.24) is 4.98 Å². The molecule has 2 N–H and O–H groups in total. The van der Waals surface area contributed by atoms with E-state index >= 15 is 0 Å². The van der Waals surface area contributed by atoms with E-state index < -0.39 is 30.4 Å². The number of esters is 3. The summed E-state index contributed by atoms with van der Waals surface area (Å²) in [6, 6.07) is 3.90. The SMILES string of the molecule is C=CCNc1nc(C(=O)OCC(=O)Nc2cc(C(=O)OC)cc(C(=O)OC)c2)cs1. The first-order valence-corrected chi connectivity index (χ1v) is 9.35. The van der Waals surface area contributed by atoms with Gasteiger partial charge in [-0.25, -0.2) is 19.4 Å². The molecule has 0 aliphatic carbocycles. The highest BCUT2D eigenvalue weighted by Crippen LogP contribution is 2.18. The number of hydrogen-bond donors (Lipinski definition) is 2. The Morgan fingerprint density at radius 2 is 1.70 bits per heavy atom. The smallest absolute Gasteiger partial charge is 0.358 e. The maximum atomic E-state index is 12.1. The van der Waals surface area contributed by atoms with Gasteiger partial charge < -0.3 is 24.8 Å². The molecule has 0 spiro atoms. The Balaban J connectivity index is 2.02. The minimum absolute atomic E-state index is 0.0368. The van der Waals surface area contributed by atoms with Crippen LogP contribution in [-0.4, -0.2) is 56.2 Å². The topological polar surface area (TPSA) is 133 Å². The van der Waals surface area contributed by atoms with Crippen LogP contribution in [0.15, 0.2) is 36.2 Å². The zero-order valence-corrected chi connectivity index (χ0v) is 17.0. The molecular formula is C19H19N3O7S. The summed E-state index contributed by atoms with van der Waals surface area (Å²) in [4.78, 5) is 51.8. The molecule has 30 heavy (non-hydrogen) atoms. The molecule has 1 aromatic heterocycles. The lowest BCUT2D eigenvalue weighted by atomic mass is 10.1. The molecule has 0 saturated heterocycles. The maximum absolute atomic E-state index is 12.1. The fourth-order valence-corrected chi connectivity index (χ4v) is 2.87. The van der Waals surface area contributed by atoms with Crippen LogP contribution in [0.3, 0.4) is 0 Å². The molecule has 2 rings (SSSR count). The summed E-state index contributed by atoms with van der Waals surface area (Å²) in [6.45, 7) is 3.46. The molecule has 0 aliphatic heterocycles. The fourth-order valence-electron chi connectivity index (χ4n) is 2.18. The van der Waals surface area contributed by atoms with Gasteiger partial charge in [-0.2, -0.15) is 0 Å². The van der Waals surface area contributed by atoms with Gasteiger partial charge in [-0.05, 0) is 18.2 Å². The highest BCUT2D eigenvalue weighted by atomic mass is 32.1. The highest BCUT2D eigenvalue weighted by molar-refractivity contribution is 7.13. The number of nitrogens with one attached hydrogen (secondary N) is 2. The Kier molecular flexibility index (Phi) is 8.06. The lowest BCUT2D eigenvalue weighted by Gasteiger charge is -2.09. The third kappa shape index (κ3) is 6.14. The van der Waals surface area contributed by atoms with Crippen molar-refractivity contribution in [2.24, 2.45) is 0 Å². The second kappa shape index (κ2) is 10.7. The van der Waals surface area contributed by atoms with Crippen LogP contribution in [0.2, 0.25) is 0 Å². The first kappa shape index (κ1) is 22.6. The predicted octanol–water partition coefficient (Wildman–Crippen LogP) is 2.11. The largest absolute Gasteiger partial charge is 0.465 e. The summed E-state index contributed by atoms with van der Waals surface area (Å²) in [7, 11) is 2.36. The van der Waals surface area contributed by atoms with Gasteiger partial charge in [0.1, 0.15) is 0 Å². The minimum Gasteiger partial charge on any atom is -0.465 e. The number of benzene rings is 1. The number of carbonyl (C=O) groups is 4. The van der Waals surface area contributed by atoms with Crippen LogP contribution in [0.5, 0.6) is 0 Å². The molecule has 0 atom stereocenters. The molecule has 1 amide bonds. The van der Waals surface area contributed by atoms with Crippen molar-refractivity contribution in [1.29, 1.82) is 0 Å². The normalized spacial score (nSPS) is 9.93. The molecule has 0 bridgehead atoms. The van der Waals surface area contributed by atoms with Crippen LogP contribution in [0.4, 0.5) is 10.8 Å². The summed E-state index contributed by atoms with van der Waals surface area (Å²) < 4.78 is 14.2. The summed E-state index contributed by atoms with van der Waals surface area (Å²) >= 11 is 1.21. The van der Waals surface area contributed by atoms with Crippen LogP contribution >= 0.6 is 11.3 Å². The summed E-state index contributed by atoms with van der Waals surface area (Å²) in [5, 5.41) is 7.39. The van der Waals surface area contributed by atoms with Crippen molar-refractivity contribution in [3.8, 4) is 0 Å². The third-order valence-corrected chi connectivity index (χ3v) is 4.30. The van der Waals surface area contributed by atoms with E-state index in [1.54, 1.807) is 6.08 Å². The number of ether oxygens (including phenoxy) is 3. The lowest BCUT2D eigenvalue weighted by Crippen LogP contribution is -2.21. The lowest BCUT2D eigenvalue weighted by molar-refractivity contribution is -0.119. The number of hydrogen-bond acceptors (Lipinski definition) is 10. The van der Waals surface area contributed by atoms with Crippen LogP contribution in [0, 0.1) is 0 Å². The van der Waals surface area contributed by atoms with Gasteiger partial charge in [0.2, 0.25) is 0 Å². The first-order chi connectivity index (χ1) is 14.4. The van der Waals surface area contributed by atoms with Crippen molar-refractivity contribution in [3.05, 3.63) is 53.1 Å². The number of anilines is 2. The van der Waals surface area contributed by atoms with Gasteiger partial charge >= 0.3 is 17.9 Å². The van der Waals surface area contributed by atoms with Crippen molar-refractivity contribution in [3.63, 3.8) is 0 Å². The van der Waals surface area contributed by atoms with Gasteiger partial charge in [-0.3, -0.25) is 4.79 Å². The maximum Gasteiger partial charge on any atom is 0.358 e. The van der Waals surface area contributed by atoms with Gasteiger partial charge in [0.25, 0.3) is 5.91 Å². The Hall–Kier alpha value is -3.73. The summed E-state index contributed by atoms with van der Waals surface area (Å²) in [6.07, 6.45) is 1.64. The third-order valence-electron chi connectivity index (χ3n) is 3.50. The monoisotopic (exact) mass is 433 g/mol. The zero-order chi connectivity index (χ0) is 22.1. The molecular weight excluding hydrogens is 414 g/mol. The van der Waals surface area contributed by atoms with E-state index in [2.05, 4.69) is 31.7 Å².